The molecule has 0 amide bonds. The first-order valence-electron chi connectivity index (χ1n) is 6.40. The zero-order valence-electron chi connectivity index (χ0n) is 10.2. The molecule has 0 bridgehead atoms. The number of hydrogen-bond acceptors (Lipinski definition) is 1. The summed E-state index contributed by atoms with van der Waals surface area (Å²) in [6.07, 6.45) is 5.41. The molecule has 0 heterocycles. The summed E-state index contributed by atoms with van der Waals surface area (Å²) < 4.78 is 1.07. The lowest BCUT2D eigenvalue weighted by Crippen LogP contribution is -2.26. The van der Waals surface area contributed by atoms with E-state index in [-0.39, 0.29) is 0 Å². The summed E-state index contributed by atoms with van der Waals surface area (Å²) in [5.74, 6) is 0.764. The summed E-state index contributed by atoms with van der Waals surface area (Å²) in [4.78, 5) is 0. The molecule has 1 nitrogen and oxygen atoms in total. The lowest BCUT2D eigenvalue weighted by Gasteiger charge is -2.25. The maximum Gasteiger partial charge on any atom is 0.0420 e. The molecular weight excluding hydrogens is 298 g/mol. The smallest absolute Gasteiger partial charge is 0.0420 e. The first kappa shape index (κ1) is 13.4. The Morgan fingerprint density at radius 2 is 2.06 bits per heavy atom. The molecular formula is C14H19BrClN. The number of halogens is 2. The van der Waals surface area contributed by atoms with E-state index < -0.39 is 0 Å². The van der Waals surface area contributed by atoms with E-state index in [2.05, 4.69) is 40.3 Å². The maximum atomic E-state index is 6.14. The lowest BCUT2D eigenvalue weighted by molar-refractivity contribution is 0.374. The molecule has 1 aliphatic carbocycles. The fraction of sp³-hybridized carbons (Fsp3) is 0.571. The van der Waals surface area contributed by atoms with Crippen molar-refractivity contribution in [1.82, 2.24) is 5.32 Å². The van der Waals surface area contributed by atoms with Gasteiger partial charge >= 0.3 is 0 Å². The van der Waals surface area contributed by atoms with Crippen molar-refractivity contribution in [2.24, 2.45) is 5.92 Å². The summed E-state index contributed by atoms with van der Waals surface area (Å²) in [5.41, 5.74) is 1.32. The van der Waals surface area contributed by atoms with Crippen LogP contribution in [-0.4, -0.2) is 6.54 Å². The van der Waals surface area contributed by atoms with E-state index in [0.29, 0.717) is 6.04 Å². The maximum absolute atomic E-state index is 6.14. The van der Waals surface area contributed by atoms with Crippen LogP contribution in [0.4, 0.5) is 0 Å². The van der Waals surface area contributed by atoms with Crippen molar-refractivity contribution in [3.63, 3.8) is 0 Å². The monoisotopic (exact) mass is 315 g/mol. The van der Waals surface area contributed by atoms with Crippen LogP contribution in [0.25, 0.3) is 0 Å². The van der Waals surface area contributed by atoms with Crippen LogP contribution in [0.15, 0.2) is 22.7 Å². The Hall–Kier alpha value is -0.0500. The number of benzene rings is 1. The van der Waals surface area contributed by atoms with Crippen LogP contribution >= 0.6 is 27.5 Å². The molecule has 1 N–H and O–H groups in total. The fourth-order valence-corrected chi connectivity index (χ4v) is 3.71. The highest BCUT2D eigenvalue weighted by Crippen LogP contribution is 2.37. The van der Waals surface area contributed by atoms with Gasteiger partial charge in [0.1, 0.15) is 0 Å². The molecule has 1 unspecified atom stereocenters. The molecule has 2 rings (SSSR count). The van der Waals surface area contributed by atoms with Crippen molar-refractivity contribution in [3.05, 3.63) is 33.3 Å². The van der Waals surface area contributed by atoms with E-state index in [1.54, 1.807) is 0 Å². The van der Waals surface area contributed by atoms with E-state index in [0.717, 1.165) is 22.0 Å². The van der Waals surface area contributed by atoms with Gasteiger partial charge in [0.15, 0.2) is 0 Å². The molecule has 1 fully saturated rings. The highest BCUT2D eigenvalue weighted by molar-refractivity contribution is 9.10. The molecule has 1 atom stereocenters. The minimum absolute atomic E-state index is 0.456. The Morgan fingerprint density at radius 3 is 2.65 bits per heavy atom. The molecule has 1 aromatic carbocycles. The van der Waals surface area contributed by atoms with Crippen LogP contribution in [0.2, 0.25) is 5.02 Å². The van der Waals surface area contributed by atoms with Crippen molar-refractivity contribution in [1.29, 1.82) is 0 Å². The second-order valence-corrected chi connectivity index (χ2v) is 6.13. The molecule has 1 aromatic rings. The summed E-state index contributed by atoms with van der Waals surface area (Å²) >= 11 is 9.67. The van der Waals surface area contributed by atoms with Gasteiger partial charge < -0.3 is 5.32 Å². The molecule has 0 aromatic heterocycles. The van der Waals surface area contributed by atoms with E-state index >= 15 is 0 Å². The quantitative estimate of drug-likeness (QED) is 0.829. The van der Waals surface area contributed by atoms with Crippen molar-refractivity contribution in [2.75, 3.05) is 6.54 Å². The first-order chi connectivity index (χ1) is 8.20. The van der Waals surface area contributed by atoms with Gasteiger partial charge in [0, 0.05) is 15.5 Å². The van der Waals surface area contributed by atoms with Gasteiger partial charge in [-0.05, 0) is 49.1 Å². The van der Waals surface area contributed by atoms with Gasteiger partial charge in [0.05, 0.1) is 0 Å². The third-order valence-corrected chi connectivity index (χ3v) is 4.22. The van der Waals surface area contributed by atoms with Crippen LogP contribution < -0.4 is 5.32 Å². The highest BCUT2D eigenvalue weighted by atomic mass is 79.9. The van der Waals surface area contributed by atoms with Crippen LogP contribution in [0.5, 0.6) is 0 Å². The van der Waals surface area contributed by atoms with Gasteiger partial charge in [-0.2, -0.15) is 0 Å². The molecule has 94 valence electrons. The van der Waals surface area contributed by atoms with Gasteiger partial charge in [-0.25, -0.2) is 0 Å². The van der Waals surface area contributed by atoms with Crippen molar-refractivity contribution >= 4 is 27.5 Å². The third-order valence-electron chi connectivity index (χ3n) is 3.54. The zero-order chi connectivity index (χ0) is 12.3. The second kappa shape index (κ2) is 6.21. The minimum Gasteiger partial charge on any atom is -0.310 e. The van der Waals surface area contributed by atoms with Gasteiger partial charge in [-0.3, -0.25) is 0 Å². The largest absolute Gasteiger partial charge is 0.310 e. The van der Waals surface area contributed by atoms with Crippen molar-refractivity contribution in [2.45, 2.75) is 38.6 Å². The van der Waals surface area contributed by atoms with E-state index in [1.807, 2.05) is 6.07 Å². The van der Waals surface area contributed by atoms with Gasteiger partial charge in [0.25, 0.3) is 0 Å². The van der Waals surface area contributed by atoms with Crippen LogP contribution in [0, 0.1) is 5.92 Å². The standard InChI is InChI=1S/C14H19BrClN/c1-2-17-14(10-5-3-4-6-10)11-7-12(15)9-13(16)8-11/h7-10,14,17H,2-6H2,1H3. The predicted octanol–water partition coefficient (Wildman–Crippen LogP) is 4.94. The SMILES string of the molecule is CCNC(c1cc(Cl)cc(Br)c1)C1CCCC1. The molecule has 1 aliphatic rings. The van der Waals surface area contributed by atoms with Gasteiger partial charge in [0.2, 0.25) is 0 Å². The summed E-state index contributed by atoms with van der Waals surface area (Å²) in [6.45, 7) is 3.17. The first-order valence-corrected chi connectivity index (χ1v) is 7.57. The Kier molecular flexibility index (Phi) is 4.89. The third kappa shape index (κ3) is 3.46. The van der Waals surface area contributed by atoms with Crippen molar-refractivity contribution in [3.8, 4) is 0 Å². The molecule has 0 aliphatic heterocycles. The fourth-order valence-electron chi connectivity index (χ4n) is 2.82. The summed E-state index contributed by atoms with van der Waals surface area (Å²) in [6, 6.07) is 6.69. The Bertz CT molecular complexity index is 354. The number of nitrogens with one attached hydrogen (secondary N) is 1. The number of rotatable bonds is 4. The van der Waals surface area contributed by atoms with Crippen molar-refractivity contribution < 1.29 is 0 Å². The van der Waals surface area contributed by atoms with E-state index in [9.17, 15) is 0 Å². The number of hydrogen-bond donors (Lipinski definition) is 1. The van der Waals surface area contributed by atoms with Crippen LogP contribution in [0.3, 0.4) is 0 Å². The molecule has 0 spiro atoms. The van der Waals surface area contributed by atoms with Crippen LogP contribution in [-0.2, 0) is 0 Å². The van der Waals surface area contributed by atoms with E-state index in [4.69, 9.17) is 11.6 Å². The summed E-state index contributed by atoms with van der Waals surface area (Å²) in [7, 11) is 0. The topological polar surface area (TPSA) is 12.0 Å². The highest BCUT2D eigenvalue weighted by Gasteiger charge is 2.25. The van der Waals surface area contributed by atoms with Gasteiger partial charge in [-0.15, -0.1) is 0 Å². The average Bonchev–Trinajstić information content (AvgIpc) is 2.77. The van der Waals surface area contributed by atoms with Gasteiger partial charge in [-0.1, -0.05) is 47.3 Å². The zero-order valence-corrected chi connectivity index (χ0v) is 12.5. The molecule has 17 heavy (non-hydrogen) atoms. The predicted molar refractivity (Wildman–Crippen MR) is 77.5 cm³/mol. The summed E-state index contributed by atoms with van der Waals surface area (Å²) in [5, 5.41) is 4.43. The molecule has 3 heteroatoms. The Balaban J connectivity index is 2.24. The minimum atomic E-state index is 0.456. The Morgan fingerprint density at radius 1 is 1.35 bits per heavy atom. The second-order valence-electron chi connectivity index (χ2n) is 4.78. The average molecular weight is 317 g/mol. The Labute approximate surface area is 117 Å². The molecule has 0 radical (unpaired) electrons. The van der Waals surface area contributed by atoms with E-state index in [1.165, 1.54) is 31.2 Å². The normalized spacial score (nSPS) is 18.5. The molecule has 1 saturated carbocycles. The van der Waals surface area contributed by atoms with Crippen LogP contribution in [0.1, 0.15) is 44.2 Å². The molecule has 0 saturated heterocycles. The lowest BCUT2D eigenvalue weighted by atomic mass is 9.91.